The summed E-state index contributed by atoms with van der Waals surface area (Å²) in [4.78, 5) is 34.9. The fraction of sp³-hybridized carbons (Fsp3) is 0.312. The topological polar surface area (TPSA) is 72.9 Å². The number of ether oxygens (including phenoxy) is 2. The monoisotopic (exact) mass is 305 g/mol. The lowest BCUT2D eigenvalue weighted by Gasteiger charge is -2.17. The zero-order valence-electron chi connectivity index (χ0n) is 12.4. The summed E-state index contributed by atoms with van der Waals surface area (Å²) in [6.07, 6.45) is 2.64. The Morgan fingerprint density at radius 3 is 2.50 bits per heavy atom. The van der Waals surface area contributed by atoms with Crippen LogP contribution in [0.25, 0.3) is 0 Å². The van der Waals surface area contributed by atoms with E-state index in [0.29, 0.717) is 6.29 Å². The molecule has 1 aromatic carbocycles. The normalized spacial score (nSPS) is 10.2. The maximum atomic E-state index is 11.9. The van der Waals surface area contributed by atoms with E-state index < -0.39 is 12.1 Å². The molecule has 0 aliphatic carbocycles. The Bertz CT molecular complexity index is 513. The standard InChI is InChI=1S/C16H19NO5/c1-2-21-15(19)9-6-10-17(11-12-18)16(20)22-13-14-7-4-3-5-8-14/h3-9,12H,2,10-11,13H2,1H3/b9-6+. The van der Waals surface area contributed by atoms with E-state index in [1.165, 1.54) is 17.1 Å². The van der Waals surface area contributed by atoms with Crippen LogP contribution in [0.4, 0.5) is 4.79 Å². The van der Waals surface area contributed by atoms with Crippen molar-refractivity contribution in [3.05, 3.63) is 48.0 Å². The van der Waals surface area contributed by atoms with E-state index in [4.69, 9.17) is 9.47 Å². The molecule has 0 atom stereocenters. The third-order valence-electron chi connectivity index (χ3n) is 2.62. The summed E-state index contributed by atoms with van der Waals surface area (Å²) < 4.78 is 9.85. The number of rotatable bonds is 8. The number of amides is 1. The average molecular weight is 305 g/mol. The number of aldehydes is 1. The molecule has 1 amide bonds. The maximum Gasteiger partial charge on any atom is 0.410 e. The maximum absolute atomic E-state index is 11.9. The van der Waals surface area contributed by atoms with Gasteiger partial charge in [0.05, 0.1) is 13.2 Å². The van der Waals surface area contributed by atoms with E-state index in [0.717, 1.165) is 5.56 Å². The van der Waals surface area contributed by atoms with Crippen LogP contribution in [-0.2, 0) is 25.7 Å². The van der Waals surface area contributed by atoms with Gasteiger partial charge in [-0.1, -0.05) is 36.4 Å². The number of nitrogens with zero attached hydrogens (tertiary/aromatic N) is 1. The van der Waals surface area contributed by atoms with Crippen molar-refractivity contribution >= 4 is 18.3 Å². The van der Waals surface area contributed by atoms with Gasteiger partial charge in [-0.2, -0.15) is 0 Å². The second-order valence-electron chi connectivity index (χ2n) is 4.27. The minimum atomic E-state index is -0.621. The highest BCUT2D eigenvalue weighted by molar-refractivity contribution is 5.82. The van der Waals surface area contributed by atoms with Crippen LogP contribution in [-0.4, -0.2) is 42.9 Å². The minimum absolute atomic E-state index is 0.0885. The Morgan fingerprint density at radius 2 is 1.86 bits per heavy atom. The second-order valence-corrected chi connectivity index (χ2v) is 4.27. The van der Waals surface area contributed by atoms with Gasteiger partial charge in [-0.05, 0) is 12.5 Å². The largest absolute Gasteiger partial charge is 0.463 e. The molecule has 6 heteroatoms. The molecule has 0 saturated heterocycles. The van der Waals surface area contributed by atoms with E-state index in [9.17, 15) is 14.4 Å². The van der Waals surface area contributed by atoms with Gasteiger partial charge >= 0.3 is 12.1 Å². The van der Waals surface area contributed by atoms with Crippen LogP contribution >= 0.6 is 0 Å². The smallest absolute Gasteiger partial charge is 0.410 e. The summed E-state index contributed by atoms with van der Waals surface area (Å²) >= 11 is 0. The van der Waals surface area contributed by atoms with Gasteiger partial charge in [-0.3, -0.25) is 4.90 Å². The van der Waals surface area contributed by atoms with Gasteiger partial charge in [0.1, 0.15) is 12.9 Å². The van der Waals surface area contributed by atoms with Crippen molar-refractivity contribution in [1.82, 2.24) is 4.90 Å². The predicted molar refractivity (Wildman–Crippen MR) is 80.0 cm³/mol. The number of hydrogen-bond donors (Lipinski definition) is 0. The Kier molecular flexibility index (Phi) is 8.04. The number of carbonyl (C=O) groups excluding carboxylic acids is 3. The zero-order valence-corrected chi connectivity index (χ0v) is 12.4. The van der Waals surface area contributed by atoms with Crippen molar-refractivity contribution in [3.8, 4) is 0 Å². The molecule has 0 saturated carbocycles. The molecule has 0 bridgehead atoms. The van der Waals surface area contributed by atoms with Crippen molar-refractivity contribution in [1.29, 1.82) is 0 Å². The molecule has 6 nitrogen and oxygen atoms in total. The molecular weight excluding hydrogens is 286 g/mol. The Hall–Kier alpha value is -2.63. The summed E-state index contributed by atoms with van der Waals surface area (Å²) in [6, 6.07) is 9.21. The highest BCUT2D eigenvalue weighted by atomic mass is 16.6. The van der Waals surface area contributed by atoms with E-state index in [2.05, 4.69) is 0 Å². The Morgan fingerprint density at radius 1 is 1.14 bits per heavy atom. The van der Waals surface area contributed by atoms with Gasteiger partial charge in [0.2, 0.25) is 0 Å². The van der Waals surface area contributed by atoms with Gasteiger partial charge in [-0.25, -0.2) is 9.59 Å². The molecule has 1 aromatic rings. The van der Waals surface area contributed by atoms with Crippen molar-refractivity contribution in [3.63, 3.8) is 0 Å². The average Bonchev–Trinajstić information content (AvgIpc) is 2.53. The van der Waals surface area contributed by atoms with E-state index in [1.807, 2.05) is 30.3 Å². The molecule has 0 aliphatic rings. The summed E-state index contributed by atoms with van der Waals surface area (Å²) in [6.45, 7) is 2.08. The highest BCUT2D eigenvalue weighted by Crippen LogP contribution is 2.03. The van der Waals surface area contributed by atoms with Crippen LogP contribution in [0.3, 0.4) is 0 Å². The summed E-state index contributed by atoms with van der Waals surface area (Å²) in [5, 5.41) is 0. The first-order valence-electron chi connectivity index (χ1n) is 6.90. The molecular formula is C16H19NO5. The number of benzene rings is 1. The van der Waals surface area contributed by atoms with E-state index in [-0.39, 0.29) is 26.3 Å². The van der Waals surface area contributed by atoms with Crippen molar-refractivity contribution in [2.75, 3.05) is 19.7 Å². The number of carbonyl (C=O) groups is 3. The van der Waals surface area contributed by atoms with Crippen LogP contribution in [0, 0.1) is 0 Å². The zero-order chi connectivity index (χ0) is 16.2. The molecule has 0 radical (unpaired) electrons. The summed E-state index contributed by atoms with van der Waals surface area (Å²) in [5.74, 6) is -0.494. The molecule has 118 valence electrons. The van der Waals surface area contributed by atoms with Crippen molar-refractivity contribution < 1.29 is 23.9 Å². The Labute approximate surface area is 129 Å². The third-order valence-corrected chi connectivity index (χ3v) is 2.62. The predicted octanol–water partition coefficient (Wildman–Crippen LogP) is 1.94. The van der Waals surface area contributed by atoms with E-state index >= 15 is 0 Å². The SMILES string of the molecule is CCOC(=O)/C=C/CN(CC=O)C(=O)OCc1ccccc1. The van der Waals surface area contributed by atoms with Crippen LogP contribution in [0.1, 0.15) is 12.5 Å². The van der Waals surface area contributed by atoms with Crippen LogP contribution < -0.4 is 0 Å². The fourth-order valence-electron chi connectivity index (χ4n) is 1.59. The molecule has 0 fully saturated rings. The molecule has 0 N–H and O–H groups in total. The fourth-order valence-corrected chi connectivity index (χ4v) is 1.59. The quantitative estimate of drug-likeness (QED) is 0.417. The first-order valence-corrected chi connectivity index (χ1v) is 6.90. The van der Waals surface area contributed by atoms with Gasteiger partial charge in [-0.15, -0.1) is 0 Å². The highest BCUT2D eigenvalue weighted by Gasteiger charge is 2.13. The lowest BCUT2D eigenvalue weighted by molar-refractivity contribution is -0.137. The van der Waals surface area contributed by atoms with Gasteiger partial charge in [0.25, 0.3) is 0 Å². The lowest BCUT2D eigenvalue weighted by Crippen LogP contribution is -2.33. The van der Waals surface area contributed by atoms with Crippen LogP contribution in [0.5, 0.6) is 0 Å². The lowest BCUT2D eigenvalue weighted by atomic mass is 10.2. The van der Waals surface area contributed by atoms with Gasteiger partial charge in [0.15, 0.2) is 0 Å². The van der Waals surface area contributed by atoms with E-state index in [1.54, 1.807) is 6.92 Å². The number of esters is 1. The van der Waals surface area contributed by atoms with Crippen molar-refractivity contribution in [2.24, 2.45) is 0 Å². The molecule has 0 heterocycles. The van der Waals surface area contributed by atoms with Gasteiger partial charge < -0.3 is 14.3 Å². The molecule has 0 aliphatic heterocycles. The second kappa shape index (κ2) is 10.1. The number of hydrogen-bond acceptors (Lipinski definition) is 5. The molecule has 1 rings (SSSR count). The molecule has 0 spiro atoms. The Balaban J connectivity index is 2.49. The summed E-state index contributed by atoms with van der Waals surface area (Å²) in [7, 11) is 0. The van der Waals surface area contributed by atoms with Gasteiger partial charge in [0, 0.05) is 12.6 Å². The molecule has 22 heavy (non-hydrogen) atoms. The third kappa shape index (κ3) is 6.69. The summed E-state index contributed by atoms with van der Waals surface area (Å²) in [5.41, 5.74) is 0.851. The molecule has 0 aromatic heterocycles. The van der Waals surface area contributed by atoms with Crippen molar-refractivity contribution in [2.45, 2.75) is 13.5 Å². The van der Waals surface area contributed by atoms with Crippen LogP contribution in [0.2, 0.25) is 0 Å². The minimum Gasteiger partial charge on any atom is -0.463 e. The van der Waals surface area contributed by atoms with Crippen LogP contribution in [0.15, 0.2) is 42.5 Å². The first kappa shape index (κ1) is 17.4. The first-order chi connectivity index (χ1) is 10.7. The molecule has 0 unspecified atom stereocenters.